The summed E-state index contributed by atoms with van der Waals surface area (Å²) in [4.78, 5) is 19.9. The summed E-state index contributed by atoms with van der Waals surface area (Å²) in [6.45, 7) is 3.03. The summed E-state index contributed by atoms with van der Waals surface area (Å²) in [6, 6.07) is 11.6. The zero-order valence-corrected chi connectivity index (χ0v) is 22.6. The molecule has 1 aliphatic heterocycles. The molecule has 8 nitrogen and oxygen atoms in total. The molecule has 2 aromatic heterocycles. The molecule has 0 bridgehead atoms. The van der Waals surface area contributed by atoms with Crippen molar-refractivity contribution in [1.29, 1.82) is 0 Å². The van der Waals surface area contributed by atoms with Gasteiger partial charge in [0.05, 0.1) is 34.4 Å². The molecular formula is C30H36FN5O3. The number of para-hydroxylation sites is 1. The van der Waals surface area contributed by atoms with Gasteiger partial charge in [-0.05, 0) is 61.9 Å². The number of amides is 1. The maximum Gasteiger partial charge on any atom is 0.254 e. The van der Waals surface area contributed by atoms with Crippen molar-refractivity contribution in [1.82, 2.24) is 19.0 Å². The number of hydrogen-bond acceptors (Lipinski definition) is 5. The van der Waals surface area contributed by atoms with Crippen LogP contribution in [0.5, 0.6) is 5.75 Å². The summed E-state index contributed by atoms with van der Waals surface area (Å²) in [5, 5.41) is 10.5. The minimum atomic E-state index is -0.672. The van der Waals surface area contributed by atoms with Gasteiger partial charge in [0.1, 0.15) is 12.4 Å². The van der Waals surface area contributed by atoms with E-state index in [-0.39, 0.29) is 25.2 Å². The molecule has 3 heterocycles. The number of imidazole rings is 1. The SMILES string of the molecule is CC(CCO)Oc1cccc2cc(-c3nc4cc5c(cc4n3C)CCN(C[C@H](N)CF)C5=O)n(CC3CC3)c12. The Morgan fingerprint density at radius 1 is 1.26 bits per heavy atom. The lowest BCUT2D eigenvalue weighted by Crippen LogP contribution is -2.45. The third kappa shape index (κ3) is 4.78. The van der Waals surface area contributed by atoms with Crippen LogP contribution in [0.4, 0.5) is 4.39 Å². The van der Waals surface area contributed by atoms with Gasteiger partial charge in [-0.25, -0.2) is 9.37 Å². The van der Waals surface area contributed by atoms with E-state index < -0.39 is 12.7 Å². The number of halogens is 1. The first-order valence-electron chi connectivity index (χ1n) is 13.9. The molecule has 4 aromatic rings. The number of hydrogen-bond donors (Lipinski definition) is 2. The number of aliphatic hydroxyl groups is 1. The van der Waals surface area contributed by atoms with E-state index in [1.54, 1.807) is 4.90 Å². The Balaban J connectivity index is 1.44. The van der Waals surface area contributed by atoms with Gasteiger partial charge in [-0.2, -0.15) is 0 Å². The van der Waals surface area contributed by atoms with Crippen LogP contribution in [0.15, 0.2) is 36.4 Å². The van der Waals surface area contributed by atoms with Crippen LogP contribution >= 0.6 is 0 Å². The van der Waals surface area contributed by atoms with Crippen LogP contribution in [0.2, 0.25) is 0 Å². The molecule has 3 N–H and O–H groups in total. The molecule has 9 heteroatoms. The zero-order chi connectivity index (χ0) is 27.3. The molecule has 39 heavy (non-hydrogen) atoms. The molecule has 2 atom stereocenters. The Morgan fingerprint density at radius 3 is 2.82 bits per heavy atom. The minimum absolute atomic E-state index is 0.0816. The maximum atomic E-state index is 13.2. The van der Waals surface area contributed by atoms with Gasteiger partial charge in [0.2, 0.25) is 0 Å². The summed E-state index contributed by atoms with van der Waals surface area (Å²) in [5.41, 5.74) is 11.2. The second-order valence-electron chi connectivity index (χ2n) is 11.1. The van der Waals surface area contributed by atoms with Crippen LogP contribution in [0.3, 0.4) is 0 Å². The first-order valence-corrected chi connectivity index (χ1v) is 13.9. The number of aryl methyl sites for hydroxylation is 1. The Kier molecular flexibility index (Phi) is 6.81. The lowest BCUT2D eigenvalue weighted by Gasteiger charge is -2.30. The molecule has 2 aliphatic rings. The summed E-state index contributed by atoms with van der Waals surface area (Å²) in [7, 11) is 2.02. The molecule has 1 saturated carbocycles. The van der Waals surface area contributed by atoms with Crippen molar-refractivity contribution >= 4 is 27.8 Å². The van der Waals surface area contributed by atoms with E-state index in [1.807, 2.05) is 32.2 Å². The zero-order valence-electron chi connectivity index (χ0n) is 22.6. The maximum absolute atomic E-state index is 13.2. The van der Waals surface area contributed by atoms with Crippen molar-refractivity contribution < 1.29 is 19.0 Å². The van der Waals surface area contributed by atoms with E-state index >= 15 is 0 Å². The molecule has 1 fully saturated rings. The highest BCUT2D eigenvalue weighted by atomic mass is 19.1. The fourth-order valence-corrected chi connectivity index (χ4v) is 5.73. The monoisotopic (exact) mass is 533 g/mol. The molecule has 206 valence electrons. The normalized spacial score (nSPS) is 17.2. The molecular weight excluding hydrogens is 497 g/mol. The Hall–Kier alpha value is -3.43. The van der Waals surface area contributed by atoms with E-state index in [0.29, 0.717) is 30.9 Å². The van der Waals surface area contributed by atoms with E-state index in [4.69, 9.17) is 15.5 Å². The van der Waals surface area contributed by atoms with Crippen molar-refractivity contribution in [3.63, 3.8) is 0 Å². The van der Waals surface area contributed by atoms with Gasteiger partial charge >= 0.3 is 0 Å². The molecule has 0 spiro atoms. The van der Waals surface area contributed by atoms with Crippen LogP contribution in [0.25, 0.3) is 33.5 Å². The number of nitrogens with two attached hydrogens (primary N) is 1. The van der Waals surface area contributed by atoms with Gasteiger partial charge in [0.25, 0.3) is 5.91 Å². The summed E-state index contributed by atoms with van der Waals surface area (Å²) in [6.07, 6.45) is 3.58. The van der Waals surface area contributed by atoms with Crippen LogP contribution in [0.1, 0.15) is 42.1 Å². The third-order valence-electron chi connectivity index (χ3n) is 8.04. The van der Waals surface area contributed by atoms with Crippen molar-refractivity contribution in [2.45, 2.75) is 51.3 Å². The van der Waals surface area contributed by atoms with E-state index in [9.17, 15) is 14.3 Å². The number of rotatable bonds is 10. The van der Waals surface area contributed by atoms with Gasteiger partial charge in [-0.1, -0.05) is 12.1 Å². The van der Waals surface area contributed by atoms with Crippen molar-refractivity contribution in [3.05, 3.63) is 47.5 Å². The molecule has 6 rings (SSSR count). The highest BCUT2D eigenvalue weighted by Gasteiger charge is 2.29. The number of carbonyl (C=O) groups excluding carboxylic acids is 1. The number of aromatic nitrogens is 3. The van der Waals surface area contributed by atoms with E-state index in [0.717, 1.165) is 51.3 Å². The fraction of sp³-hybridized carbons (Fsp3) is 0.467. The third-order valence-corrected chi connectivity index (χ3v) is 8.04. The van der Waals surface area contributed by atoms with Gasteiger partial charge in [0.15, 0.2) is 5.82 Å². The first-order chi connectivity index (χ1) is 18.9. The van der Waals surface area contributed by atoms with Gasteiger partial charge in [-0.3, -0.25) is 4.79 Å². The standard InChI is InChI=1S/C30H36FN5O3/c1-18(9-11-37)39-27-5-3-4-21-13-26(36(28(21)27)16-19-6-7-19)29-33-24-14-23-20(12-25(24)34(29)2)8-10-35(30(23)38)17-22(32)15-31/h3-5,12-14,18-19,22,37H,6-11,15-17,32H2,1-2H3/t18?,22-/m1/s1. The average Bonchev–Trinajstić information content (AvgIpc) is 3.59. The number of ether oxygens (including phenoxy) is 1. The number of benzene rings is 2. The largest absolute Gasteiger partial charge is 0.488 e. The van der Waals surface area contributed by atoms with E-state index in [2.05, 4.69) is 27.3 Å². The minimum Gasteiger partial charge on any atom is -0.488 e. The van der Waals surface area contributed by atoms with Crippen LogP contribution in [-0.2, 0) is 20.0 Å². The van der Waals surface area contributed by atoms with Gasteiger partial charge < -0.3 is 29.6 Å². The number of fused-ring (bicyclic) bond motifs is 3. The molecule has 2 aromatic carbocycles. The van der Waals surface area contributed by atoms with Gasteiger partial charge in [-0.15, -0.1) is 0 Å². The first kappa shape index (κ1) is 25.8. The predicted octanol–water partition coefficient (Wildman–Crippen LogP) is 4.05. The van der Waals surface area contributed by atoms with E-state index in [1.165, 1.54) is 12.8 Å². The van der Waals surface area contributed by atoms with Crippen LogP contribution in [0, 0.1) is 5.92 Å². The molecule has 1 amide bonds. The number of carbonyl (C=O) groups is 1. The number of aliphatic hydroxyl groups excluding tert-OH is 1. The topological polar surface area (TPSA) is 98.5 Å². The molecule has 1 aliphatic carbocycles. The Bertz CT molecular complexity index is 1540. The van der Waals surface area contributed by atoms with Crippen molar-refractivity contribution in [2.75, 3.05) is 26.4 Å². The lowest BCUT2D eigenvalue weighted by atomic mass is 9.97. The number of alkyl halides is 1. The average molecular weight is 534 g/mol. The number of nitrogens with zero attached hydrogens (tertiary/aromatic N) is 4. The lowest BCUT2D eigenvalue weighted by molar-refractivity contribution is 0.0725. The molecule has 1 unspecified atom stereocenters. The summed E-state index contributed by atoms with van der Waals surface area (Å²) < 4.78 is 23.7. The second kappa shape index (κ2) is 10.3. The smallest absolute Gasteiger partial charge is 0.254 e. The predicted molar refractivity (Wildman–Crippen MR) is 150 cm³/mol. The quantitative estimate of drug-likeness (QED) is 0.321. The second-order valence-corrected chi connectivity index (χ2v) is 11.1. The fourth-order valence-electron chi connectivity index (χ4n) is 5.73. The Morgan fingerprint density at radius 2 is 2.08 bits per heavy atom. The summed E-state index contributed by atoms with van der Waals surface area (Å²) in [5.74, 6) is 2.16. The highest BCUT2D eigenvalue weighted by molar-refractivity contribution is 6.01. The van der Waals surface area contributed by atoms with Gasteiger partial charge in [0, 0.05) is 50.7 Å². The highest BCUT2D eigenvalue weighted by Crippen LogP contribution is 2.39. The van der Waals surface area contributed by atoms with Crippen LogP contribution < -0.4 is 10.5 Å². The van der Waals surface area contributed by atoms with Crippen molar-refractivity contribution in [3.8, 4) is 17.3 Å². The molecule has 0 radical (unpaired) electrons. The summed E-state index contributed by atoms with van der Waals surface area (Å²) >= 11 is 0. The van der Waals surface area contributed by atoms with Crippen LogP contribution in [-0.4, -0.2) is 68.5 Å². The molecule has 0 saturated heterocycles. The Labute approximate surface area is 227 Å². The van der Waals surface area contributed by atoms with Crippen molar-refractivity contribution in [2.24, 2.45) is 18.7 Å².